The number of carbonyl (C=O) groups is 1. The minimum absolute atomic E-state index is 0.0131. The summed E-state index contributed by atoms with van der Waals surface area (Å²) in [4.78, 5) is 11.8. The van der Waals surface area contributed by atoms with E-state index in [1.165, 1.54) is 0 Å². The van der Waals surface area contributed by atoms with Crippen LogP contribution < -0.4 is 5.43 Å². The fourth-order valence-electron chi connectivity index (χ4n) is 1.45. The first-order chi connectivity index (χ1) is 6.77. The van der Waals surface area contributed by atoms with E-state index in [4.69, 9.17) is 11.6 Å². The fraction of sp³-hybridized carbons (Fsp3) is 0.300. The zero-order valence-electron chi connectivity index (χ0n) is 7.66. The molecule has 74 valence electrons. The Bertz CT molecular complexity index is 330. The number of hydrazine groups is 1. The van der Waals surface area contributed by atoms with Gasteiger partial charge in [-0.25, -0.2) is 5.43 Å². The summed E-state index contributed by atoms with van der Waals surface area (Å²) in [5.74, 6) is 0.0131. The average molecular weight is 211 g/mol. The Morgan fingerprint density at radius 3 is 2.64 bits per heavy atom. The Labute approximate surface area is 87.6 Å². The molecular formula is C10H11ClN2O. The number of carbonyl (C=O) groups excluding carboxylic acids is 1. The summed E-state index contributed by atoms with van der Waals surface area (Å²) >= 11 is 5.74. The summed E-state index contributed by atoms with van der Waals surface area (Å²) in [7, 11) is 0. The second-order valence-corrected chi connectivity index (χ2v) is 3.66. The summed E-state index contributed by atoms with van der Waals surface area (Å²) in [6, 6.07) is 6.94. The Hall–Kier alpha value is -1.06. The molecule has 1 amide bonds. The molecule has 0 radical (unpaired) electrons. The van der Waals surface area contributed by atoms with Gasteiger partial charge in [0.05, 0.1) is 0 Å². The van der Waals surface area contributed by atoms with E-state index in [-0.39, 0.29) is 5.91 Å². The Morgan fingerprint density at radius 1 is 1.36 bits per heavy atom. The van der Waals surface area contributed by atoms with E-state index in [0.717, 1.165) is 19.5 Å². The first-order valence-corrected chi connectivity index (χ1v) is 4.96. The van der Waals surface area contributed by atoms with Crippen molar-refractivity contribution in [3.8, 4) is 0 Å². The lowest BCUT2D eigenvalue weighted by molar-refractivity contribution is 0.0726. The number of benzene rings is 1. The number of hydrogen-bond acceptors (Lipinski definition) is 2. The molecule has 0 unspecified atom stereocenters. The van der Waals surface area contributed by atoms with Gasteiger partial charge in [-0.15, -0.1) is 0 Å². The fourth-order valence-corrected chi connectivity index (χ4v) is 1.58. The highest BCUT2D eigenvalue weighted by molar-refractivity contribution is 6.30. The third-order valence-electron chi connectivity index (χ3n) is 2.20. The summed E-state index contributed by atoms with van der Waals surface area (Å²) in [5.41, 5.74) is 3.69. The largest absolute Gasteiger partial charge is 0.274 e. The molecule has 1 aliphatic heterocycles. The van der Waals surface area contributed by atoms with Gasteiger partial charge in [-0.3, -0.25) is 9.80 Å². The van der Waals surface area contributed by atoms with E-state index in [2.05, 4.69) is 5.43 Å². The minimum atomic E-state index is 0.0131. The third-order valence-corrected chi connectivity index (χ3v) is 2.45. The van der Waals surface area contributed by atoms with Crippen molar-refractivity contribution < 1.29 is 4.79 Å². The molecule has 1 saturated heterocycles. The molecule has 4 heteroatoms. The van der Waals surface area contributed by atoms with Crippen LogP contribution in [0.15, 0.2) is 24.3 Å². The molecule has 0 bridgehead atoms. The van der Waals surface area contributed by atoms with Crippen LogP contribution in [0.25, 0.3) is 0 Å². The normalized spacial score (nSPS) is 15.9. The summed E-state index contributed by atoms with van der Waals surface area (Å²) in [6.45, 7) is 1.65. The van der Waals surface area contributed by atoms with Crippen LogP contribution in [0.1, 0.15) is 16.8 Å². The van der Waals surface area contributed by atoms with Gasteiger partial charge in [0.25, 0.3) is 5.91 Å². The number of halogens is 1. The van der Waals surface area contributed by atoms with Gasteiger partial charge in [0.2, 0.25) is 0 Å². The third kappa shape index (κ3) is 1.89. The maximum absolute atomic E-state index is 11.8. The van der Waals surface area contributed by atoms with Gasteiger partial charge in [0, 0.05) is 23.7 Å². The van der Waals surface area contributed by atoms with E-state index >= 15 is 0 Å². The van der Waals surface area contributed by atoms with E-state index < -0.39 is 0 Å². The number of nitrogens with one attached hydrogen (secondary N) is 1. The average Bonchev–Trinajstić information content (AvgIpc) is 2.71. The monoisotopic (exact) mass is 210 g/mol. The molecule has 1 aromatic rings. The smallest absolute Gasteiger partial charge is 0.267 e. The highest BCUT2D eigenvalue weighted by Crippen LogP contribution is 2.12. The van der Waals surface area contributed by atoms with Gasteiger partial charge in [0.15, 0.2) is 0 Å². The Kier molecular flexibility index (Phi) is 2.70. The number of rotatable bonds is 1. The lowest BCUT2D eigenvalue weighted by atomic mass is 10.2. The number of amides is 1. The second-order valence-electron chi connectivity index (χ2n) is 3.23. The topological polar surface area (TPSA) is 32.3 Å². The van der Waals surface area contributed by atoms with Crippen molar-refractivity contribution in [3.05, 3.63) is 34.9 Å². The molecule has 0 aromatic heterocycles. The molecule has 1 heterocycles. The summed E-state index contributed by atoms with van der Waals surface area (Å²) in [6.07, 6.45) is 1.01. The van der Waals surface area contributed by atoms with E-state index in [1.54, 1.807) is 29.3 Å². The van der Waals surface area contributed by atoms with Crippen molar-refractivity contribution in [3.63, 3.8) is 0 Å². The quantitative estimate of drug-likeness (QED) is 0.765. The highest BCUT2D eigenvalue weighted by atomic mass is 35.5. The molecule has 0 aliphatic carbocycles. The van der Waals surface area contributed by atoms with Gasteiger partial charge in [-0.2, -0.15) is 0 Å². The van der Waals surface area contributed by atoms with Gasteiger partial charge in [-0.05, 0) is 30.7 Å². The predicted octanol–water partition coefficient (Wildman–Crippen LogP) is 1.69. The van der Waals surface area contributed by atoms with Crippen LogP contribution >= 0.6 is 11.6 Å². The molecule has 1 N–H and O–H groups in total. The predicted molar refractivity (Wildman–Crippen MR) is 55.1 cm³/mol. The maximum Gasteiger partial charge on any atom is 0.267 e. The zero-order valence-corrected chi connectivity index (χ0v) is 8.42. The second kappa shape index (κ2) is 3.98. The molecule has 0 spiro atoms. The summed E-state index contributed by atoms with van der Waals surface area (Å²) in [5, 5.41) is 2.29. The number of nitrogens with zero attached hydrogens (tertiary/aromatic N) is 1. The van der Waals surface area contributed by atoms with Crippen molar-refractivity contribution in [2.45, 2.75) is 6.42 Å². The maximum atomic E-state index is 11.8. The molecule has 1 aromatic carbocycles. The van der Waals surface area contributed by atoms with E-state index in [9.17, 15) is 4.79 Å². The van der Waals surface area contributed by atoms with Crippen molar-refractivity contribution in [2.24, 2.45) is 0 Å². The van der Waals surface area contributed by atoms with Crippen LogP contribution in [-0.2, 0) is 0 Å². The molecule has 1 fully saturated rings. The van der Waals surface area contributed by atoms with Gasteiger partial charge >= 0.3 is 0 Å². The standard InChI is InChI=1S/C10H11ClN2O/c11-9-4-2-8(3-5-9)10(14)13-7-1-6-12-13/h2-5,12H,1,6-7H2. The van der Waals surface area contributed by atoms with Crippen LogP contribution in [-0.4, -0.2) is 24.0 Å². The molecule has 3 nitrogen and oxygen atoms in total. The van der Waals surface area contributed by atoms with Crippen molar-refractivity contribution in [1.82, 2.24) is 10.4 Å². The highest BCUT2D eigenvalue weighted by Gasteiger charge is 2.18. The Morgan fingerprint density at radius 2 is 2.07 bits per heavy atom. The molecule has 2 rings (SSSR count). The molecule has 0 saturated carbocycles. The van der Waals surface area contributed by atoms with Crippen LogP contribution in [0.2, 0.25) is 5.02 Å². The minimum Gasteiger partial charge on any atom is -0.274 e. The van der Waals surface area contributed by atoms with Crippen LogP contribution in [0, 0.1) is 0 Å². The molecule has 14 heavy (non-hydrogen) atoms. The van der Waals surface area contributed by atoms with Crippen molar-refractivity contribution in [1.29, 1.82) is 0 Å². The first-order valence-electron chi connectivity index (χ1n) is 4.58. The molecule has 0 atom stereocenters. The van der Waals surface area contributed by atoms with Gasteiger partial charge in [0.1, 0.15) is 0 Å². The van der Waals surface area contributed by atoms with Crippen LogP contribution in [0.3, 0.4) is 0 Å². The van der Waals surface area contributed by atoms with Crippen LogP contribution in [0.5, 0.6) is 0 Å². The molecular weight excluding hydrogens is 200 g/mol. The zero-order chi connectivity index (χ0) is 9.97. The van der Waals surface area contributed by atoms with Gasteiger partial charge in [-0.1, -0.05) is 11.6 Å². The van der Waals surface area contributed by atoms with Gasteiger partial charge < -0.3 is 0 Å². The van der Waals surface area contributed by atoms with E-state index in [1.807, 2.05) is 0 Å². The number of hydrogen-bond donors (Lipinski definition) is 1. The lowest BCUT2D eigenvalue weighted by Gasteiger charge is -2.15. The molecule has 1 aliphatic rings. The SMILES string of the molecule is O=C(c1ccc(Cl)cc1)N1CCCN1. The van der Waals surface area contributed by atoms with Crippen molar-refractivity contribution in [2.75, 3.05) is 13.1 Å². The van der Waals surface area contributed by atoms with E-state index in [0.29, 0.717) is 10.6 Å². The lowest BCUT2D eigenvalue weighted by Crippen LogP contribution is -2.36. The Balaban J connectivity index is 2.14. The van der Waals surface area contributed by atoms with Crippen LogP contribution in [0.4, 0.5) is 0 Å². The first kappa shape index (κ1) is 9.49. The van der Waals surface area contributed by atoms with Crippen molar-refractivity contribution >= 4 is 17.5 Å². The summed E-state index contributed by atoms with van der Waals surface area (Å²) < 4.78 is 0.